The molecule has 4 nitrogen and oxygen atoms in total. The molecule has 1 aliphatic carbocycles. The van der Waals surface area contributed by atoms with E-state index in [1.165, 1.54) is 24.3 Å². The second kappa shape index (κ2) is 8.07. The number of benzene rings is 1. The normalized spacial score (nSPS) is 26.9. The third-order valence-corrected chi connectivity index (χ3v) is 8.90. The van der Waals surface area contributed by atoms with Crippen LogP contribution in [0.2, 0.25) is 0 Å². The predicted octanol–water partition coefficient (Wildman–Crippen LogP) is 5.56. The van der Waals surface area contributed by atoms with Gasteiger partial charge in [-0.05, 0) is 74.8 Å². The van der Waals surface area contributed by atoms with Crippen LogP contribution in [-0.2, 0) is 28.1 Å². The Labute approximate surface area is 193 Å². The number of nitrogens with zero attached hydrogens (tertiary/aromatic N) is 1. The van der Waals surface area contributed by atoms with Crippen LogP contribution in [0.4, 0.5) is 4.39 Å². The molecule has 1 fully saturated rings. The zero-order valence-corrected chi connectivity index (χ0v) is 20.7. The van der Waals surface area contributed by atoms with Gasteiger partial charge in [0.1, 0.15) is 11.4 Å². The number of halogens is 1. The summed E-state index contributed by atoms with van der Waals surface area (Å²) in [5, 5.41) is 0.576. The minimum absolute atomic E-state index is 0.0314. The summed E-state index contributed by atoms with van der Waals surface area (Å²) in [6.45, 7) is 14.0. The molecule has 2 aliphatic rings. The standard InChI is InChI=1S/C26H32FNO3S/c1-13-8-9-20(27)24(15(13)3)26(7,25(30)23-16(4)17(23)5)28-12-19-11-22(31-18(6)29)32-21(19)10-14(28)2/h8-9,11,14,16-17,23H,10,12H2,1-7H3. The number of carbonyl (C=O) groups is 2. The van der Waals surface area contributed by atoms with Gasteiger partial charge in [0.25, 0.3) is 0 Å². The van der Waals surface area contributed by atoms with Crippen molar-refractivity contribution in [1.29, 1.82) is 0 Å². The van der Waals surface area contributed by atoms with Gasteiger partial charge in [0, 0.05) is 35.9 Å². The topological polar surface area (TPSA) is 46.6 Å². The third kappa shape index (κ3) is 3.61. The molecule has 172 valence electrons. The van der Waals surface area contributed by atoms with Crippen molar-refractivity contribution in [3.8, 4) is 5.06 Å². The Kier molecular flexibility index (Phi) is 5.83. The number of Topliss-reactive ketones (excluding diaryl/α,β-unsaturated/α-hetero) is 1. The fourth-order valence-electron chi connectivity index (χ4n) is 5.51. The van der Waals surface area contributed by atoms with Gasteiger partial charge in [0.15, 0.2) is 10.8 Å². The van der Waals surface area contributed by atoms with E-state index in [0.29, 0.717) is 29.0 Å². The summed E-state index contributed by atoms with van der Waals surface area (Å²) in [6.07, 6.45) is 0.729. The van der Waals surface area contributed by atoms with E-state index in [1.807, 2.05) is 26.8 Å². The largest absolute Gasteiger partial charge is 0.416 e. The minimum atomic E-state index is -1.08. The van der Waals surface area contributed by atoms with Crippen molar-refractivity contribution in [3.05, 3.63) is 51.1 Å². The van der Waals surface area contributed by atoms with Gasteiger partial charge in [-0.3, -0.25) is 14.5 Å². The van der Waals surface area contributed by atoms with Gasteiger partial charge in [-0.2, -0.15) is 0 Å². The molecule has 2 aromatic rings. The number of rotatable bonds is 5. The van der Waals surface area contributed by atoms with Gasteiger partial charge in [0.2, 0.25) is 0 Å². The molecule has 1 aliphatic heterocycles. The van der Waals surface area contributed by atoms with E-state index in [2.05, 4.69) is 25.7 Å². The summed E-state index contributed by atoms with van der Waals surface area (Å²) >= 11 is 1.48. The molecule has 0 saturated heterocycles. The Morgan fingerprint density at radius 3 is 2.44 bits per heavy atom. The highest BCUT2D eigenvalue weighted by Gasteiger charge is 2.57. The Morgan fingerprint density at radius 1 is 1.19 bits per heavy atom. The summed E-state index contributed by atoms with van der Waals surface area (Å²) in [4.78, 5) is 28.9. The number of fused-ring (bicyclic) bond motifs is 1. The molecule has 2 heterocycles. The number of hydrogen-bond acceptors (Lipinski definition) is 5. The lowest BCUT2D eigenvalue weighted by Gasteiger charge is -2.47. The van der Waals surface area contributed by atoms with Crippen LogP contribution in [0.3, 0.4) is 0 Å². The number of thiophene rings is 1. The minimum Gasteiger partial charge on any atom is -0.416 e. The monoisotopic (exact) mass is 457 g/mol. The quantitative estimate of drug-likeness (QED) is 0.551. The lowest BCUT2D eigenvalue weighted by molar-refractivity contribution is -0.136. The number of hydrogen-bond donors (Lipinski definition) is 0. The van der Waals surface area contributed by atoms with Crippen LogP contribution in [0.1, 0.15) is 61.7 Å². The molecule has 0 spiro atoms. The van der Waals surface area contributed by atoms with Gasteiger partial charge in [-0.15, -0.1) is 11.3 Å². The third-order valence-electron chi connectivity index (χ3n) is 7.82. The molecule has 4 rings (SSSR count). The summed E-state index contributed by atoms with van der Waals surface area (Å²) < 4.78 is 20.8. The molecule has 0 N–H and O–H groups in total. The molecule has 1 saturated carbocycles. The first kappa shape index (κ1) is 23.1. The van der Waals surface area contributed by atoms with E-state index >= 15 is 4.39 Å². The SMILES string of the molecule is CC(=O)Oc1cc2c(s1)CC(C)N(C(C)(C(=O)C1C(C)C1C)c1c(F)ccc(C)c1C)C2. The Bertz CT molecular complexity index is 1080. The van der Waals surface area contributed by atoms with E-state index in [-0.39, 0.29) is 29.5 Å². The maximum Gasteiger partial charge on any atom is 0.308 e. The van der Waals surface area contributed by atoms with Gasteiger partial charge in [0.05, 0.1) is 0 Å². The Hall–Kier alpha value is -2.05. The zero-order valence-electron chi connectivity index (χ0n) is 19.9. The zero-order chi connectivity index (χ0) is 23.5. The fraction of sp³-hybridized carbons (Fsp3) is 0.538. The lowest BCUT2D eigenvalue weighted by Crippen LogP contribution is -2.56. The molecule has 0 radical (unpaired) electrons. The van der Waals surface area contributed by atoms with E-state index in [0.717, 1.165) is 28.0 Å². The molecule has 1 aromatic carbocycles. The highest BCUT2D eigenvalue weighted by molar-refractivity contribution is 7.14. The van der Waals surface area contributed by atoms with Gasteiger partial charge < -0.3 is 4.74 Å². The number of carbonyl (C=O) groups excluding carboxylic acids is 2. The summed E-state index contributed by atoms with van der Waals surface area (Å²) in [5.41, 5.74) is 2.29. The van der Waals surface area contributed by atoms with Gasteiger partial charge in [-0.25, -0.2) is 4.39 Å². The van der Waals surface area contributed by atoms with E-state index in [1.54, 1.807) is 6.07 Å². The molecule has 32 heavy (non-hydrogen) atoms. The van der Waals surface area contributed by atoms with E-state index in [9.17, 15) is 9.59 Å². The molecular weight excluding hydrogens is 425 g/mol. The van der Waals surface area contributed by atoms with Crippen molar-refractivity contribution >= 4 is 23.1 Å². The van der Waals surface area contributed by atoms with Crippen LogP contribution in [0, 0.1) is 37.4 Å². The maximum absolute atomic E-state index is 15.5. The predicted molar refractivity (Wildman–Crippen MR) is 124 cm³/mol. The number of ketones is 1. The molecule has 0 amide bonds. The average Bonchev–Trinajstić information content (AvgIpc) is 3.11. The lowest BCUT2D eigenvalue weighted by atomic mass is 9.77. The van der Waals surface area contributed by atoms with Crippen molar-refractivity contribution in [3.63, 3.8) is 0 Å². The number of esters is 1. The molecule has 0 bridgehead atoms. The van der Waals surface area contributed by atoms with Crippen LogP contribution in [0.5, 0.6) is 5.06 Å². The summed E-state index contributed by atoms with van der Waals surface area (Å²) in [5.74, 6) is -0.0101. The maximum atomic E-state index is 15.5. The number of ether oxygens (including phenoxy) is 1. The van der Waals surface area contributed by atoms with Crippen molar-refractivity contribution in [2.75, 3.05) is 0 Å². The van der Waals surface area contributed by atoms with E-state index < -0.39 is 5.54 Å². The average molecular weight is 458 g/mol. The first-order valence-electron chi connectivity index (χ1n) is 11.3. The van der Waals surface area contributed by atoms with E-state index in [4.69, 9.17) is 4.74 Å². The van der Waals surface area contributed by atoms with Crippen LogP contribution in [0.15, 0.2) is 18.2 Å². The first-order valence-corrected chi connectivity index (χ1v) is 12.2. The molecular formula is C26H32FNO3S. The Morgan fingerprint density at radius 2 is 1.84 bits per heavy atom. The smallest absolute Gasteiger partial charge is 0.308 e. The highest BCUT2D eigenvalue weighted by Crippen LogP contribution is 2.52. The summed E-state index contributed by atoms with van der Waals surface area (Å²) in [6, 6.07) is 5.20. The van der Waals surface area contributed by atoms with Crippen LogP contribution < -0.4 is 4.74 Å². The van der Waals surface area contributed by atoms with Crippen LogP contribution in [0.25, 0.3) is 0 Å². The second-order valence-corrected chi connectivity index (χ2v) is 10.9. The summed E-state index contributed by atoms with van der Waals surface area (Å²) in [7, 11) is 0. The molecule has 4 atom stereocenters. The molecule has 6 heteroatoms. The van der Waals surface area contributed by atoms with Crippen molar-refractivity contribution in [1.82, 2.24) is 4.90 Å². The van der Waals surface area contributed by atoms with Gasteiger partial charge in [-0.1, -0.05) is 19.9 Å². The molecule has 4 unspecified atom stereocenters. The number of aryl methyl sites for hydroxylation is 1. The van der Waals surface area contributed by atoms with Crippen molar-refractivity contribution < 1.29 is 18.7 Å². The van der Waals surface area contributed by atoms with Crippen LogP contribution in [-0.4, -0.2) is 22.7 Å². The van der Waals surface area contributed by atoms with Crippen LogP contribution >= 0.6 is 11.3 Å². The highest BCUT2D eigenvalue weighted by atomic mass is 32.1. The second-order valence-electron chi connectivity index (χ2n) is 9.83. The first-order chi connectivity index (χ1) is 15.0. The Balaban J connectivity index is 1.83. The molecule has 1 aromatic heterocycles. The van der Waals surface area contributed by atoms with Crippen molar-refractivity contribution in [2.45, 2.75) is 73.0 Å². The van der Waals surface area contributed by atoms with Crippen molar-refractivity contribution in [2.24, 2.45) is 17.8 Å². The fourth-order valence-corrected chi connectivity index (χ4v) is 6.69. The van der Waals surface area contributed by atoms with Gasteiger partial charge >= 0.3 is 5.97 Å².